The molecule has 0 spiro atoms. The summed E-state index contributed by atoms with van der Waals surface area (Å²) in [4.78, 5) is 11.4. The Morgan fingerprint density at radius 2 is 2.12 bits per heavy atom. The van der Waals surface area contributed by atoms with Gasteiger partial charge in [-0.3, -0.25) is 0 Å². The van der Waals surface area contributed by atoms with Crippen molar-refractivity contribution in [1.82, 2.24) is 0 Å². The fourth-order valence-electron chi connectivity index (χ4n) is 2.05. The van der Waals surface area contributed by atoms with Crippen LogP contribution in [0.1, 0.15) is 27.2 Å². The third kappa shape index (κ3) is 2.28. The molecule has 0 bridgehead atoms. The number of hydrogen-bond donors (Lipinski definition) is 1. The third-order valence-corrected chi connectivity index (χ3v) is 4.36. The van der Waals surface area contributed by atoms with Crippen molar-refractivity contribution >= 4 is 28.9 Å². The molecule has 0 fully saturated rings. The first-order valence-electron chi connectivity index (χ1n) is 4.90. The van der Waals surface area contributed by atoms with Gasteiger partial charge in [0.1, 0.15) is 4.34 Å². The Morgan fingerprint density at radius 1 is 1.47 bits per heavy atom. The Morgan fingerprint density at radius 3 is 2.65 bits per heavy atom. The van der Waals surface area contributed by atoms with Gasteiger partial charge < -0.3 is 5.11 Å². The number of thiophene rings is 1. The molecule has 94 valence electrons. The monoisotopic (exact) mass is 284 g/mol. The molecule has 2 nitrogen and oxygen atoms in total. The molecule has 0 aromatic carbocycles. The Hall–Kier alpha value is -0.750. The number of fused-ring (bicyclic) bond motifs is 1. The second-order valence-electron chi connectivity index (χ2n) is 3.94. The van der Waals surface area contributed by atoms with Gasteiger partial charge in [0.15, 0.2) is 0 Å². The van der Waals surface area contributed by atoms with Crippen molar-refractivity contribution < 1.29 is 23.1 Å². The summed E-state index contributed by atoms with van der Waals surface area (Å²) in [5.74, 6) is -2.55. The van der Waals surface area contributed by atoms with Gasteiger partial charge in [-0.2, -0.15) is 13.2 Å². The van der Waals surface area contributed by atoms with Crippen LogP contribution in [0.25, 0.3) is 0 Å². The molecule has 1 aromatic heterocycles. The van der Waals surface area contributed by atoms with Crippen molar-refractivity contribution in [2.24, 2.45) is 5.92 Å². The molecular weight excluding hydrogens is 277 g/mol. The second kappa shape index (κ2) is 4.17. The van der Waals surface area contributed by atoms with Crippen LogP contribution < -0.4 is 0 Å². The Labute approximate surface area is 104 Å². The highest BCUT2D eigenvalue weighted by atomic mass is 35.5. The number of carboxylic acids is 1. The van der Waals surface area contributed by atoms with Crippen LogP contribution in [0.4, 0.5) is 13.2 Å². The molecule has 1 aromatic rings. The van der Waals surface area contributed by atoms with Gasteiger partial charge in [0, 0.05) is 4.88 Å². The van der Waals surface area contributed by atoms with E-state index >= 15 is 0 Å². The van der Waals surface area contributed by atoms with Gasteiger partial charge >= 0.3 is 12.1 Å². The molecule has 0 amide bonds. The predicted molar refractivity (Wildman–Crippen MR) is 57.9 cm³/mol. The van der Waals surface area contributed by atoms with Crippen molar-refractivity contribution in [1.29, 1.82) is 0 Å². The zero-order valence-corrected chi connectivity index (χ0v) is 10.0. The maximum atomic E-state index is 12.6. The molecule has 0 radical (unpaired) electrons. The van der Waals surface area contributed by atoms with E-state index in [1.54, 1.807) is 0 Å². The van der Waals surface area contributed by atoms with Gasteiger partial charge in [-0.25, -0.2) is 4.79 Å². The van der Waals surface area contributed by atoms with E-state index in [-0.39, 0.29) is 29.2 Å². The van der Waals surface area contributed by atoms with Crippen LogP contribution in [0.5, 0.6) is 0 Å². The lowest BCUT2D eigenvalue weighted by molar-refractivity contribution is -0.176. The summed E-state index contributed by atoms with van der Waals surface area (Å²) in [7, 11) is 0. The Bertz CT molecular complexity index is 467. The number of alkyl halides is 3. The van der Waals surface area contributed by atoms with E-state index in [0.717, 1.165) is 11.3 Å². The summed E-state index contributed by atoms with van der Waals surface area (Å²) in [6.07, 6.45) is -4.32. The molecule has 0 saturated carbocycles. The molecule has 1 aliphatic carbocycles. The summed E-state index contributed by atoms with van der Waals surface area (Å²) in [5, 5.41) is 8.94. The smallest absolute Gasteiger partial charge is 0.392 e. The van der Waals surface area contributed by atoms with Crippen molar-refractivity contribution in [3.63, 3.8) is 0 Å². The fourth-order valence-corrected chi connectivity index (χ4v) is 3.66. The van der Waals surface area contributed by atoms with Crippen molar-refractivity contribution in [3.8, 4) is 0 Å². The van der Waals surface area contributed by atoms with E-state index in [0.29, 0.717) is 10.4 Å². The van der Waals surface area contributed by atoms with Crippen LogP contribution >= 0.6 is 22.9 Å². The van der Waals surface area contributed by atoms with Crippen molar-refractivity contribution in [2.45, 2.75) is 25.4 Å². The maximum absolute atomic E-state index is 12.6. The highest BCUT2D eigenvalue weighted by Gasteiger charge is 2.42. The summed E-state index contributed by atoms with van der Waals surface area (Å²) in [6, 6.07) is 0. The van der Waals surface area contributed by atoms with Gasteiger partial charge in [-0.1, -0.05) is 11.6 Å². The van der Waals surface area contributed by atoms with E-state index in [1.165, 1.54) is 0 Å². The first-order valence-corrected chi connectivity index (χ1v) is 6.10. The molecule has 1 atom stereocenters. The molecule has 17 heavy (non-hydrogen) atoms. The number of halogens is 4. The minimum absolute atomic E-state index is 0.0210. The highest BCUT2D eigenvalue weighted by Crippen LogP contribution is 2.43. The zero-order chi connectivity index (χ0) is 12.8. The van der Waals surface area contributed by atoms with Crippen LogP contribution in [0.3, 0.4) is 0 Å². The minimum Gasteiger partial charge on any atom is -0.478 e. The van der Waals surface area contributed by atoms with E-state index in [9.17, 15) is 18.0 Å². The largest absolute Gasteiger partial charge is 0.478 e. The van der Waals surface area contributed by atoms with Crippen molar-refractivity contribution in [2.75, 3.05) is 0 Å². The lowest BCUT2D eigenvalue weighted by atomic mass is 9.87. The lowest BCUT2D eigenvalue weighted by Crippen LogP contribution is -2.28. The first-order chi connectivity index (χ1) is 7.80. The number of carboxylic acid groups (broad SMARTS) is 1. The lowest BCUT2D eigenvalue weighted by Gasteiger charge is -2.24. The molecule has 1 unspecified atom stereocenters. The normalized spacial score (nSPS) is 20.1. The standard InChI is InChI=1S/C10H8ClF3O2S/c11-8-7(9(15)16)5-2-1-4(10(12,13)14)3-6(5)17-8/h4H,1-3H2,(H,15,16). The van der Waals surface area contributed by atoms with E-state index in [2.05, 4.69) is 0 Å². The summed E-state index contributed by atoms with van der Waals surface area (Å²) >= 11 is 6.70. The minimum atomic E-state index is -4.22. The van der Waals surface area contributed by atoms with Gasteiger partial charge in [0.25, 0.3) is 0 Å². The molecule has 0 aliphatic heterocycles. The SMILES string of the molecule is O=C(O)c1c(Cl)sc2c1CCC(C(F)(F)F)C2. The van der Waals surface area contributed by atoms with Gasteiger partial charge in [-0.05, 0) is 24.8 Å². The zero-order valence-electron chi connectivity index (χ0n) is 8.47. The molecule has 0 saturated heterocycles. The molecule has 1 aliphatic rings. The first kappa shape index (κ1) is 12.7. The average molecular weight is 285 g/mol. The second-order valence-corrected chi connectivity index (χ2v) is 5.65. The maximum Gasteiger partial charge on any atom is 0.392 e. The van der Waals surface area contributed by atoms with Gasteiger partial charge in [-0.15, -0.1) is 11.3 Å². The van der Waals surface area contributed by atoms with Gasteiger partial charge in [0.2, 0.25) is 0 Å². The summed E-state index contributed by atoms with van der Waals surface area (Å²) in [5.41, 5.74) is 0.459. The highest BCUT2D eigenvalue weighted by molar-refractivity contribution is 7.16. The number of aromatic carboxylic acids is 1. The van der Waals surface area contributed by atoms with Crippen molar-refractivity contribution in [3.05, 3.63) is 20.3 Å². The van der Waals surface area contributed by atoms with E-state index in [4.69, 9.17) is 16.7 Å². The number of rotatable bonds is 1. The molecule has 7 heteroatoms. The topological polar surface area (TPSA) is 37.3 Å². The Kier molecular flexibility index (Phi) is 3.12. The van der Waals surface area contributed by atoms with Crippen LogP contribution in [0, 0.1) is 5.92 Å². The Balaban J connectivity index is 2.35. The van der Waals surface area contributed by atoms with Gasteiger partial charge in [0.05, 0.1) is 11.5 Å². The summed E-state index contributed by atoms with van der Waals surface area (Å²) < 4.78 is 37.7. The molecule has 1 heterocycles. The van der Waals surface area contributed by atoms with Crippen LogP contribution in [0.15, 0.2) is 0 Å². The van der Waals surface area contributed by atoms with Crippen LogP contribution in [-0.2, 0) is 12.8 Å². The number of carbonyl (C=O) groups is 1. The average Bonchev–Trinajstić information content (AvgIpc) is 2.50. The number of hydrogen-bond acceptors (Lipinski definition) is 2. The predicted octanol–water partition coefficient (Wildman–Crippen LogP) is 3.77. The molecule has 2 rings (SSSR count). The molecular formula is C10H8ClF3O2S. The van der Waals surface area contributed by atoms with Crippen LogP contribution in [0.2, 0.25) is 4.34 Å². The van der Waals surface area contributed by atoms with E-state index in [1.807, 2.05) is 0 Å². The van der Waals surface area contributed by atoms with E-state index < -0.39 is 18.1 Å². The third-order valence-electron chi connectivity index (χ3n) is 2.90. The summed E-state index contributed by atoms with van der Waals surface area (Å²) in [6.45, 7) is 0. The fraction of sp³-hybridized carbons (Fsp3) is 0.500. The quantitative estimate of drug-likeness (QED) is 0.852. The molecule has 1 N–H and O–H groups in total. The van der Waals surface area contributed by atoms with Crippen LogP contribution in [-0.4, -0.2) is 17.3 Å².